The first kappa shape index (κ1) is 57.3. The number of thiocarbonyl (C=S) groups is 2. The fraction of sp³-hybridized carbons (Fsp3) is 0.156. The van der Waals surface area contributed by atoms with Crippen LogP contribution in [0.15, 0.2) is 199 Å². The second-order valence-corrected chi connectivity index (χ2v) is 22.4. The van der Waals surface area contributed by atoms with E-state index >= 15 is 0 Å². The molecule has 0 saturated carbocycles. The van der Waals surface area contributed by atoms with Crippen LogP contribution in [0.3, 0.4) is 0 Å². The molecule has 4 aliphatic rings. The number of hydrogen-bond acceptors (Lipinski definition) is 8. The van der Waals surface area contributed by atoms with Crippen LogP contribution in [0.4, 0.5) is 43.7 Å². The van der Waals surface area contributed by atoms with Crippen molar-refractivity contribution in [1.29, 1.82) is 0 Å². The van der Waals surface area contributed by atoms with Crippen LogP contribution in [0.1, 0.15) is 36.8 Å². The first-order chi connectivity index (χ1) is 39.6. The summed E-state index contributed by atoms with van der Waals surface area (Å²) in [6, 6.07) is 60.1. The maximum atomic E-state index is 13.8. The van der Waals surface area contributed by atoms with Gasteiger partial charge in [-0.3, -0.25) is 9.59 Å². The number of nitrogens with zero attached hydrogens (tertiary/aromatic N) is 5. The number of urea groups is 2. The normalized spacial score (nSPS) is 17.8. The molecule has 18 heteroatoms. The van der Waals surface area contributed by atoms with E-state index in [1.807, 2.05) is 158 Å². The molecule has 2 unspecified atom stereocenters. The number of para-hydroxylation sites is 2. The van der Waals surface area contributed by atoms with E-state index in [1.165, 1.54) is 9.80 Å². The summed E-state index contributed by atoms with van der Waals surface area (Å²) in [5.74, 6) is -0.459. The summed E-state index contributed by atoms with van der Waals surface area (Å²) in [5.41, 5.74) is 14.4. The molecule has 4 saturated heterocycles. The Hall–Kier alpha value is -7.91. The highest BCUT2D eigenvalue weighted by atomic mass is 35.5. The molecule has 6 amide bonds. The van der Waals surface area contributed by atoms with Gasteiger partial charge >= 0.3 is 12.1 Å². The number of carbonyl (C=O) groups excluding carboxylic acids is 4. The van der Waals surface area contributed by atoms with Gasteiger partial charge in [0.15, 0.2) is 5.11 Å². The van der Waals surface area contributed by atoms with Gasteiger partial charge in [-0.05, 0) is 168 Å². The highest BCUT2D eigenvalue weighted by Gasteiger charge is 2.61. The minimum atomic E-state index is -0.918. The summed E-state index contributed by atoms with van der Waals surface area (Å²) < 4.78 is 0. The van der Waals surface area contributed by atoms with Crippen LogP contribution in [-0.2, 0) is 22.4 Å². The molecule has 0 bridgehead atoms. The lowest BCUT2D eigenvalue weighted by Crippen LogP contribution is -2.47. The average Bonchev–Trinajstić information content (AvgIpc) is 3.77. The Morgan fingerprint density at radius 1 is 0.512 bits per heavy atom. The predicted molar refractivity (Wildman–Crippen MR) is 339 cm³/mol. The highest BCUT2D eigenvalue weighted by Crippen LogP contribution is 2.45. The van der Waals surface area contributed by atoms with E-state index in [0.717, 1.165) is 63.3 Å². The number of nitrogens with one attached hydrogen (secondary N) is 2. The zero-order chi connectivity index (χ0) is 57.5. The van der Waals surface area contributed by atoms with Gasteiger partial charge in [0.05, 0.1) is 22.2 Å². The summed E-state index contributed by atoms with van der Waals surface area (Å²) in [5, 5.41) is 10.7. The van der Waals surface area contributed by atoms with E-state index < -0.39 is 11.1 Å². The predicted octanol–water partition coefficient (Wildman–Crippen LogP) is 16.2. The summed E-state index contributed by atoms with van der Waals surface area (Å²) in [7, 11) is 0. The molecule has 0 spiro atoms. The number of nitrogens with two attached hydrogens (primary N) is 1. The van der Waals surface area contributed by atoms with Crippen LogP contribution in [0.5, 0.6) is 0 Å². The van der Waals surface area contributed by atoms with Crippen molar-refractivity contribution in [1.82, 2.24) is 9.80 Å². The van der Waals surface area contributed by atoms with Crippen molar-refractivity contribution < 1.29 is 19.2 Å². The summed E-state index contributed by atoms with van der Waals surface area (Å²) in [6.07, 6.45) is 3.70. The fourth-order valence-corrected chi connectivity index (χ4v) is 12.4. The van der Waals surface area contributed by atoms with E-state index in [2.05, 4.69) is 33.0 Å². The molecule has 0 aliphatic carbocycles. The van der Waals surface area contributed by atoms with Gasteiger partial charge in [0.25, 0.3) is 11.8 Å². The standard InChI is InChI=1S/C32H26Cl2N4O2S.C25H21Cl2N3O2.C7H5NS/c33-24-17-25(34)19-28(18-24)38-29(39)32(14-5-15-37(32)31(38)40)20-21-10-12-22(13-11-21)23-6-4-9-27(16-23)36-30(41)35-26-7-2-1-3-8-26;26-19-12-20(27)14-22(13-19)30-23(31)25(9-2-10-29(25)24(30)32)15-16-5-7-17(8-6-16)18-3-1-4-21(28)11-18;9-6-8-7-4-2-1-3-5-7/h1-4,6-13,16-19H,5,14-15,20H2,(H2,35,36,41);1,3-8,11-14H,2,9-10,15,28H2;1-5H. The van der Waals surface area contributed by atoms with Gasteiger partial charge < -0.3 is 26.2 Å². The Bertz CT molecular complexity index is 3740. The van der Waals surface area contributed by atoms with Crippen molar-refractivity contribution in [3.05, 3.63) is 225 Å². The van der Waals surface area contributed by atoms with Crippen molar-refractivity contribution in [3.63, 3.8) is 0 Å². The molecule has 4 heterocycles. The zero-order valence-corrected chi connectivity index (χ0v) is 48.6. The number of hydrogen-bond donors (Lipinski definition) is 3. The van der Waals surface area contributed by atoms with Crippen molar-refractivity contribution in [2.24, 2.45) is 4.99 Å². The van der Waals surface area contributed by atoms with Crippen LogP contribution in [-0.4, -0.2) is 68.1 Å². The Morgan fingerprint density at radius 2 is 0.939 bits per heavy atom. The first-order valence-electron chi connectivity index (χ1n) is 26.3. The van der Waals surface area contributed by atoms with Crippen LogP contribution in [0.25, 0.3) is 22.3 Å². The van der Waals surface area contributed by atoms with Gasteiger partial charge in [0.2, 0.25) is 0 Å². The van der Waals surface area contributed by atoms with Crippen LogP contribution in [0.2, 0.25) is 20.1 Å². The van der Waals surface area contributed by atoms with Crippen LogP contribution >= 0.6 is 70.8 Å². The van der Waals surface area contributed by atoms with Gasteiger partial charge in [-0.2, -0.15) is 4.99 Å². The van der Waals surface area contributed by atoms with E-state index in [9.17, 15) is 19.2 Å². The van der Waals surface area contributed by atoms with E-state index in [0.29, 0.717) is 81.0 Å². The van der Waals surface area contributed by atoms with Crippen molar-refractivity contribution in [2.75, 3.05) is 39.3 Å². The third kappa shape index (κ3) is 12.4. The maximum absolute atomic E-state index is 13.8. The monoisotopic (exact) mass is 1200 g/mol. The topological polar surface area (TPSA) is 144 Å². The second kappa shape index (κ2) is 25.1. The Balaban J connectivity index is 0.000000163. The fourth-order valence-electron chi connectivity index (χ4n) is 11.1. The highest BCUT2D eigenvalue weighted by molar-refractivity contribution is 7.80. The number of rotatable bonds is 11. The molecule has 2 atom stereocenters. The Labute approximate surface area is 506 Å². The molecule has 4 N–H and O–H groups in total. The molecular weight excluding hydrogens is 1150 g/mol. The third-order valence-corrected chi connectivity index (χ3v) is 15.9. The van der Waals surface area contributed by atoms with Gasteiger partial charge in [0.1, 0.15) is 11.1 Å². The number of anilines is 5. The molecule has 4 fully saturated rings. The van der Waals surface area contributed by atoms with Crippen molar-refractivity contribution in [2.45, 2.75) is 49.6 Å². The number of aliphatic imine (C=N–C) groups is 1. The molecule has 12 rings (SSSR count). The van der Waals surface area contributed by atoms with E-state index in [1.54, 1.807) is 46.2 Å². The lowest BCUT2D eigenvalue weighted by Gasteiger charge is -2.28. The number of benzene rings is 8. The largest absolute Gasteiger partial charge is 0.399 e. The number of fused-ring (bicyclic) bond motifs is 2. The molecule has 4 aliphatic heterocycles. The van der Waals surface area contributed by atoms with Crippen molar-refractivity contribution >= 4 is 139 Å². The molecule has 8 aromatic rings. The number of amides is 6. The van der Waals surface area contributed by atoms with E-state index in [4.69, 9.17) is 64.4 Å². The molecule has 8 aromatic carbocycles. The summed E-state index contributed by atoms with van der Waals surface area (Å²) >= 11 is 34.5. The summed E-state index contributed by atoms with van der Waals surface area (Å²) in [6.45, 7) is 1.09. The third-order valence-electron chi connectivity index (χ3n) is 14.8. The van der Waals surface area contributed by atoms with Gasteiger partial charge in [0, 0.05) is 63.1 Å². The number of isothiocyanates is 1. The second-order valence-electron chi connectivity index (χ2n) is 20.1. The Kier molecular flexibility index (Phi) is 17.5. The lowest BCUT2D eigenvalue weighted by atomic mass is 9.87. The molecule has 0 radical (unpaired) electrons. The number of nitrogen functional groups attached to an aromatic ring is 1. The summed E-state index contributed by atoms with van der Waals surface area (Å²) in [4.78, 5) is 63.7. The smallest absolute Gasteiger partial charge is 0.332 e. The maximum Gasteiger partial charge on any atom is 0.332 e. The number of imide groups is 2. The number of halogens is 4. The van der Waals surface area contributed by atoms with Crippen molar-refractivity contribution in [3.8, 4) is 22.3 Å². The molecule has 12 nitrogen and oxygen atoms in total. The molecule has 0 aromatic heterocycles. The van der Waals surface area contributed by atoms with E-state index in [-0.39, 0.29) is 23.9 Å². The molecule has 412 valence electrons. The van der Waals surface area contributed by atoms with Gasteiger partial charge in [-0.1, -0.05) is 156 Å². The minimum Gasteiger partial charge on any atom is -0.399 e. The Morgan fingerprint density at radius 3 is 1.40 bits per heavy atom. The average molecular weight is 1200 g/mol. The lowest BCUT2D eigenvalue weighted by molar-refractivity contribution is -0.124. The number of carbonyl (C=O) groups is 4. The zero-order valence-electron chi connectivity index (χ0n) is 43.9. The van der Waals surface area contributed by atoms with Gasteiger partial charge in [-0.15, -0.1) is 0 Å². The minimum absolute atomic E-state index is 0.224. The quantitative estimate of drug-likeness (QED) is 0.0499. The SMILES string of the molecule is Nc1cccc(-c2ccc(CC34CCCN3C(=O)N(c3cc(Cl)cc(Cl)c3)C4=O)cc2)c1.O=C1N(c2cc(Cl)cc(Cl)c2)C(=O)C2(Cc3ccc(-c4cccc(NC(=S)Nc5ccccc5)c4)cc3)CCCN12.S=C=Nc1ccccc1. The van der Waals surface area contributed by atoms with Gasteiger partial charge in [-0.25, -0.2) is 19.4 Å². The first-order valence-corrected chi connectivity index (χ1v) is 28.6. The molecular formula is C64H52Cl4N8O4S2. The van der Waals surface area contributed by atoms with Crippen LogP contribution in [0, 0.1) is 0 Å². The van der Waals surface area contributed by atoms with Crippen LogP contribution < -0.4 is 26.2 Å². The molecule has 82 heavy (non-hydrogen) atoms.